The Kier molecular flexibility index (Phi) is 18.2. The molecule has 0 atom stereocenters. The van der Waals surface area contributed by atoms with Crippen molar-refractivity contribution in [3.63, 3.8) is 0 Å². The lowest BCUT2D eigenvalue weighted by molar-refractivity contribution is -0.137. The van der Waals surface area contributed by atoms with E-state index < -0.39 is 35.6 Å². The summed E-state index contributed by atoms with van der Waals surface area (Å²) >= 11 is 5.77. The highest BCUT2D eigenvalue weighted by Crippen LogP contribution is 2.35. The normalized spacial score (nSPS) is 10.1. The summed E-state index contributed by atoms with van der Waals surface area (Å²) in [5, 5.41) is 70.7. The number of nitriles is 3. The number of halogens is 4. The van der Waals surface area contributed by atoms with E-state index in [1.54, 1.807) is 48.5 Å². The lowest BCUT2D eigenvalue weighted by atomic mass is 10.1. The molecule has 0 radical (unpaired) electrons. The van der Waals surface area contributed by atoms with Gasteiger partial charge in [-0.25, -0.2) is 14.4 Å². The second-order valence-corrected chi connectivity index (χ2v) is 14.8. The molecule has 0 saturated carbocycles. The number of amides is 6. The van der Waals surface area contributed by atoms with Crippen molar-refractivity contribution >= 4 is 63.8 Å². The predicted molar refractivity (Wildman–Crippen MR) is 264 cm³/mol. The number of hydrogen-bond acceptors (Lipinski definition) is 11. The molecule has 21 heteroatoms. The average molecular weight is 998 g/mol. The van der Waals surface area contributed by atoms with Crippen molar-refractivity contribution in [3.05, 3.63) is 173 Å². The molecule has 0 aliphatic heterocycles. The number of ether oxygens (including phenoxy) is 2. The van der Waals surface area contributed by atoms with Crippen LogP contribution in [0.3, 0.4) is 0 Å². The Balaban J connectivity index is 0.000000201. The number of urea groups is 3. The molecule has 0 heterocycles. The van der Waals surface area contributed by atoms with Crippen molar-refractivity contribution in [1.29, 1.82) is 15.8 Å². The molecule has 7 aromatic rings. The van der Waals surface area contributed by atoms with E-state index in [1.807, 2.05) is 54.6 Å². The van der Waals surface area contributed by atoms with E-state index in [1.165, 1.54) is 56.7 Å². The van der Waals surface area contributed by atoms with Crippen LogP contribution in [0.4, 0.5) is 61.7 Å². The lowest BCUT2D eigenvalue weighted by Crippen LogP contribution is -2.20. The molecule has 0 aliphatic rings. The maximum atomic E-state index is 12.7. The number of benzene rings is 7. The Labute approximate surface area is 413 Å². The zero-order valence-corrected chi connectivity index (χ0v) is 38.3. The quantitative estimate of drug-likeness (QED) is 0.0613. The minimum Gasteiger partial charge on any atom is -0.504 e. The number of alkyl halides is 3. The van der Waals surface area contributed by atoms with Gasteiger partial charge in [0.15, 0.2) is 17.2 Å². The standard InChI is InChI=1S/C20H15N3O2.C16H15N3O4.C15H9ClF3N3O2/c21-13-16-7-4-8-18(19(16)24)23-20(25)22-17-11-9-15(10-12-17)14-5-2-1-3-6-14;1-22-11-6-7-12(14(8-11)23-2)18-16(21)19-13-5-3-4-10(9-17)15(13)20;16-10-5-4-9(15(17,18)19)6-12(10)22-14(24)21-11-3-1-2-8(7-20)13(11)23/h1-12,24H,(H2,22,23,25);3-8,20H,1-2H3,(H2,18,19,21);1-6,23H,(H2,21,22,24). The highest BCUT2D eigenvalue weighted by Gasteiger charge is 2.31. The van der Waals surface area contributed by atoms with Crippen molar-refractivity contribution in [2.45, 2.75) is 6.18 Å². The molecule has 72 heavy (non-hydrogen) atoms. The van der Waals surface area contributed by atoms with Gasteiger partial charge in [0.2, 0.25) is 0 Å². The summed E-state index contributed by atoms with van der Waals surface area (Å²) in [5.41, 5.74) is 2.31. The van der Waals surface area contributed by atoms with Crippen LogP contribution in [-0.2, 0) is 6.18 Å². The molecule has 0 aromatic heterocycles. The molecule has 0 fully saturated rings. The first-order chi connectivity index (χ1) is 34.5. The van der Waals surface area contributed by atoms with Gasteiger partial charge in [0.05, 0.1) is 69.9 Å². The highest BCUT2D eigenvalue weighted by molar-refractivity contribution is 6.33. The fraction of sp³-hybridized carbons (Fsp3) is 0.0588. The average Bonchev–Trinajstić information content (AvgIpc) is 3.37. The molecule has 0 bridgehead atoms. The Bertz CT molecular complexity index is 3210. The zero-order chi connectivity index (χ0) is 52.4. The third-order valence-corrected chi connectivity index (χ3v) is 9.99. The maximum Gasteiger partial charge on any atom is 0.416 e. The van der Waals surface area contributed by atoms with Gasteiger partial charge in [0.1, 0.15) is 29.7 Å². The second-order valence-electron chi connectivity index (χ2n) is 14.4. The Morgan fingerprint density at radius 3 is 1.39 bits per heavy atom. The van der Waals surface area contributed by atoms with Crippen LogP contribution in [0, 0.1) is 34.0 Å². The molecule has 9 N–H and O–H groups in total. The van der Waals surface area contributed by atoms with Gasteiger partial charge in [-0.05, 0) is 90.0 Å². The predicted octanol–water partition coefficient (Wildman–Crippen LogP) is 12.1. The zero-order valence-electron chi connectivity index (χ0n) is 37.6. The number of carbonyl (C=O) groups excluding carboxylic acids is 3. The van der Waals surface area contributed by atoms with Crippen molar-refractivity contribution in [2.75, 3.05) is 46.1 Å². The van der Waals surface area contributed by atoms with Crippen molar-refractivity contribution < 1.29 is 52.3 Å². The summed E-state index contributed by atoms with van der Waals surface area (Å²) < 4.78 is 48.3. The molecule has 17 nitrogen and oxygen atoms in total. The summed E-state index contributed by atoms with van der Waals surface area (Å²) in [6.07, 6.45) is -4.59. The number of anilines is 6. The van der Waals surface area contributed by atoms with Crippen LogP contribution >= 0.6 is 11.6 Å². The van der Waals surface area contributed by atoms with Crippen LogP contribution in [0.15, 0.2) is 146 Å². The fourth-order valence-electron chi connectivity index (χ4n) is 6.12. The number of hydrogen-bond donors (Lipinski definition) is 9. The number of para-hydroxylation sites is 3. The smallest absolute Gasteiger partial charge is 0.416 e. The van der Waals surface area contributed by atoms with Gasteiger partial charge in [-0.15, -0.1) is 0 Å². The number of nitrogens with one attached hydrogen (secondary N) is 6. The molecule has 7 aromatic carbocycles. The molecule has 7 rings (SSSR count). The van der Waals surface area contributed by atoms with Crippen LogP contribution < -0.4 is 41.4 Å². The van der Waals surface area contributed by atoms with Crippen molar-refractivity contribution in [2.24, 2.45) is 0 Å². The van der Waals surface area contributed by atoms with Gasteiger partial charge >= 0.3 is 24.3 Å². The third kappa shape index (κ3) is 14.5. The fourth-order valence-corrected chi connectivity index (χ4v) is 6.28. The summed E-state index contributed by atoms with van der Waals surface area (Å²) in [6, 6.07) is 41.3. The minimum absolute atomic E-state index is 0.0649. The van der Waals surface area contributed by atoms with E-state index >= 15 is 0 Å². The summed E-state index contributed by atoms with van der Waals surface area (Å²) in [7, 11) is 3.00. The van der Waals surface area contributed by atoms with Crippen molar-refractivity contribution in [1.82, 2.24) is 0 Å². The van der Waals surface area contributed by atoms with E-state index in [2.05, 4.69) is 31.9 Å². The van der Waals surface area contributed by atoms with Gasteiger partial charge in [0.25, 0.3) is 0 Å². The molecule has 364 valence electrons. The summed E-state index contributed by atoms with van der Waals surface area (Å²) in [4.78, 5) is 36.0. The van der Waals surface area contributed by atoms with Crippen LogP contribution in [-0.4, -0.2) is 47.6 Å². The number of aromatic hydroxyl groups is 3. The van der Waals surface area contributed by atoms with Gasteiger partial charge in [-0.3, -0.25) is 0 Å². The molecule has 0 aliphatic carbocycles. The Morgan fingerprint density at radius 2 is 0.944 bits per heavy atom. The van der Waals surface area contributed by atoms with E-state index in [9.17, 15) is 42.9 Å². The van der Waals surface area contributed by atoms with Gasteiger partial charge in [-0.2, -0.15) is 29.0 Å². The van der Waals surface area contributed by atoms with Crippen LogP contribution in [0.5, 0.6) is 28.7 Å². The number of carbonyl (C=O) groups is 3. The first-order valence-electron chi connectivity index (χ1n) is 20.6. The van der Waals surface area contributed by atoms with Gasteiger partial charge in [0, 0.05) is 11.8 Å². The van der Waals surface area contributed by atoms with Crippen LogP contribution in [0.25, 0.3) is 11.1 Å². The van der Waals surface area contributed by atoms with Gasteiger partial charge in [-0.1, -0.05) is 72.3 Å². The van der Waals surface area contributed by atoms with Gasteiger partial charge < -0.3 is 56.7 Å². The number of phenolic OH excluding ortho intramolecular Hbond substituents is 3. The molecule has 0 unspecified atom stereocenters. The topological polar surface area (TPSA) is 274 Å². The molecular weight excluding hydrogens is 959 g/mol. The largest absolute Gasteiger partial charge is 0.504 e. The molecule has 0 spiro atoms. The molecule has 0 saturated heterocycles. The second kappa shape index (κ2) is 24.8. The number of nitrogens with zero attached hydrogens (tertiary/aromatic N) is 3. The first-order valence-corrected chi connectivity index (χ1v) is 21.0. The number of phenols is 3. The molecule has 6 amide bonds. The third-order valence-electron chi connectivity index (χ3n) is 9.66. The minimum atomic E-state index is -4.59. The number of rotatable bonds is 9. The Hall–Kier alpha value is -10.1. The van der Waals surface area contributed by atoms with E-state index in [0.29, 0.717) is 28.9 Å². The highest BCUT2D eigenvalue weighted by atomic mass is 35.5. The monoisotopic (exact) mass is 997 g/mol. The van der Waals surface area contributed by atoms with Crippen LogP contribution in [0.1, 0.15) is 22.3 Å². The van der Waals surface area contributed by atoms with E-state index in [0.717, 1.165) is 23.3 Å². The Morgan fingerprint density at radius 1 is 0.500 bits per heavy atom. The lowest BCUT2D eigenvalue weighted by Gasteiger charge is -2.13. The van der Waals surface area contributed by atoms with Crippen molar-refractivity contribution in [3.8, 4) is 58.1 Å². The molecular formula is C51H39ClF3N9O8. The summed E-state index contributed by atoms with van der Waals surface area (Å²) in [5.74, 6) is 0.0263. The van der Waals surface area contributed by atoms with E-state index in [-0.39, 0.29) is 56.0 Å². The SMILES string of the molecule is COc1ccc(NC(=O)Nc2cccc(C#N)c2O)c(OC)c1.N#Cc1cccc(NC(=O)Nc2cc(C(F)(F)F)ccc2Cl)c1O.N#Cc1cccc(NC(=O)Nc2ccc(-c3ccccc3)cc2)c1O. The number of methoxy groups -OCH3 is 2. The maximum absolute atomic E-state index is 12.7. The van der Waals surface area contributed by atoms with E-state index in [4.69, 9.17) is 36.9 Å². The van der Waals surface area contributed by atoms with Crippen LogP contribution in [0.2, 0.25) is 5.02 Å². The first kappa shape index (κ1) is 52.9. The summed E-state index contributed by atoms with van der Waals surface area (Å²) in [6.45, 7) is 0.